The molecule has 0 radical (unpaired) electrons. The summed E-state index contributed by atoms with van der Waals surface area (Å²) in [4.78, 5) is 1.10. The molecule has 0 aliphatic rings. The highest BCUT2D eigenvalue weighted by atomic mass is 79.9. The van der Waals surface area contributed by atoms with Crippen LogP contribution in [0.25, 0.3) is 0 Å². The van der Waals surface area contributed by atoms with E-state index in [4.69, 9.17) is 16.3 Å². The molecule has 1 nitrogen and oxygen atoms in total. The average molecular weight is 425 g/mol. The third-order valence-electron chi connectivity index (χ3n) is 2.54. The van der Waals surface area contributed by atoms with E-state index in [9.17, 15) is 0 Å². The van der Waals surface area contributed by atoms with Gasteiger partial charge in [-0.2, -0.15) is 0 Å². The zero-order chi connectivity index (χ0) is 13.8. The fourth-order valence-corrected chi connectivity index (χ4v) is 4.06. The van der Waals surface area contributed by atoms with E-state index in [0.717, 1.165) is 37.5 Å². The molecule has 2 aromatic rings. The number of thiophene rings is 1. The van der Waals surface area contributed by atoms with Crippen molar-refractivity contribution in [2.45, 2.75) is 18.7 Å². The predicted molar refractivity (Wildman–Crippen MR) is 89.6 cm³/mol. The molecule has 0 aliphatic carbocycles. The van der Waals surface area contributed by atoms with Gasteiger partial charge in [0.15, 0.2) is 0 Å². The van der Waals surface area contributed by atoms with Gasteiger partial charge in [-0.3, -0.25) is 0 Å². The second-order valence-corrected chi connectivity index (χ2v) is 7.75. The second-order valence-electron chi connectivity index (χ2n) is 4.05. The maximum Gasteiger partial charge on any atom is 0.119 e. The molecule has 0 spiro atoms. The molecule has 1 aromatic heterocycles. The van der Waals surface area contributed by atoms with E-state index in [-0.39, 0.29) is 5.38 Å². The summed E-state index contributed by atoms with van der Waals surface area (Å²) in [6.07, 6.45) is 0.999. The minimum absolute atomic E-state index is 0.155. The van der Waals surface area contributed by atoms with E-state index in [0.29, 0.717) is 0 Å². The van der Waals surface area contributed by atoms with Crippen molar-refractivity contribution in [3.05, 3.63) is 49.0 Å². The van der Waals surface area contributed by atoms with Crippen LogP contribution in [0.1, 0.15) is 29.2 Å². The highest BCUT2D eigenvalue weighted by Crippen LogP contribution is 2.40. The van der Waals surface area contributed by atoms with Gasteiger partial charge in [0, 0.05) is 9.35 Å². The van der Waals surface area contributed by atoms with Gasteiger partial charge in [-0.1, -0.05) is 19.1 Å². The molecule has 0 fully saturated rings. The smallest absolute Gasteiger partial charge is 0.119 e. The van der Waals surface area contributed by atoms with Gasteiger partial charge < -0.3 is 4.74 Å². The number of hydrogen-bond acceptors (Lipinski definition) is 2. The summed E-state index contributed by atoms with van der Waals surface area (Å²) in [5.74, 6) is 0.875. The van der Waals surface area contributed by atoms with Gasteiger partial charge in [-0.15, -0.1) is 22.9 Å². The molecule has 0 N–H and O–H groups in total. The molecule has 0 saturated carbocycles. The van der Waals surface area contributed by atoms with Gasteiger partial charge in [0.25, 0.3) is 0 Å². The fraction of sp³-hybridized carbons (Fsp3) is 0.286. The molecule has 0 bridgehead atoms. The third-order valence-corrected chi connectivity index (χ3v) is 6.48. The summed E-state index contributed by atoms with van der Waals surface area (Å²) >= 11 is 15.2. The van der Waals surface area contributed by atoms with Crippen molar-refractivity contribution in [1.29, 1.82) is 0 Å². The number of rotatable bonds is 5. The van der Waals surface area contributed by atoms with E-state index in [1.165, 1.54) is 0 Å². The van der Waals surface area contributed by atoms with Crippen LogP contribution in [0.5, 0.6) is 5.75 Å². The molecule has 0 saturated heterocycles. The molecule has 1 heterocycles. The molecular formula is C14H13Br2ClOS. The van der Waals surface area contributed by atoms with Crippen LogP contribution in [0.2, 0.25) is 0 Å². The van der Waals surface area contributed by atoms with Crippen molar-refractivity contribution >= 4 is 54.8 Å². The summed E-state index contributed by atoms with van der Waals surface area (Å²) in [5, 5.41) is -0.155. The minimum Gasteiger partial charge on any atom is -0.494 e. The highest BCUT2D eigenvalue weighted by molar-refractivity contribution is 9.13. The van der Waals surface area contributed by atoms with E-state index in [1.54, 1.807) is 11.3 Å². The monoisotopic (exact) mass is 422 g/mol. The SMILES string of the molecule is CCCOc1cccc(C(Cl)c2cc(Br)c(Br)s2)c1. The molecule has 0 aliphatic heterocycles. The Labute approximate surface area is 139 Å². The number of ether oxygens (including phenoxy) is 1. The van der Waals surface area contributed by atoms with Gasteiger partial charge >= 0.3 is 0 Å². The maximum absolute atomic E-state index is 6.54. The first-order chi connectivity index (χ1) is 9.11. The van der Waals surface area contributed by atoms with Gasteiger partial charge in [0.2, 0.25) is 0 Å². The Balaban J connectivity index is 2.20. The van der Waals surface area contributed by atoms with Gasteiger partial charge in [0.1, 0.15) is 5.75 Å². The lowest BCUT2D eigenvalue weighted by molar-refractivity contribution is 0.317. The summed E-state index contributed by atoms with van der Waals surface area (Å²) in [6, 6.07) is 10.0. The summed E-state index contributed by atoms with van der Waals surface area (Å²) in [5.41, 5.74) is 1.05. The van der Waals surface area contributed by atoms with Crippen LogP contribution in [-0.4, -0.2) is 6.61 Å². The number of halogens is 3. The van der Waals surface area contributed by atoms with E-state index < -0.39 is 0 Å². The Morgan fingerprint density at radius 2 is 2.11 bits per heavy atom. The molecule has 1 atom stereocenters. The molecule has 102 valence electrons. The Kier molecular flexibility index (Phi) is 5.75. The lowest BCUT2D eigenvalue weighted by Crippen LogP contribution is -1.96. The largest absolute Gasteiger partial charge is 0.494 e. The Morgan fingerprint density at radius 3 is 2.74 bits per heavy atom. The van der Waals surface area contributed by atoms with Crippen LogP contribution in [0.3, 0.4) is 0 Å². The van der Waals surface area contributed by atoms with Crippen molar-refractivity contribution in [2.24, 2.45) is 0 Å². The van der Waals surface area contributed by atoms with Crippen molar-refractivity contribution in [3.8, 4) is 5.75 Å². The first kappa shape index (κ1) is 15.4. The lowest BCUT2D eigenvalue weighted by Gasteiger charge is -2.10. The van der Waals surface area contributed by atoms with E-state index >= 15 is 0 Å². The molecule has 0 amide bonds. The van der Waals surface area contributed by atoms with Gasteiger partial charge in [-0.25, -0.2) is 0 Å². The predicted octanol–water partition coefficient (Wildman–Crippen LogP) is 6.39. The summed E-state index contributed by atoms with van der Waals surface area (Å²) in [7, 11) is 0. The van der Waals surface area contributed by atoms with Gasteiger partial charge in [0.05, 0.1) is 15.8 Å². The van der Waals surface area contributed by atoms with Gasteiger partial charge in [-0.05, 0) is 62.0 Å². The Bertz CT molecular complexity index is 537. The number of benzene rings is 1. The van der Waals surface area contributed by atoms with Crippen molar-refractivity contribution < 1.29 is 4.74 Å². The van der Waals surface area contributed by atoms with E-state index in [2.05, 4.69) is 38.8 Å². The maximum atomic E-state index is 6.54. The van der Waals surface area contributed by atoms with Crippen molar-refractivity contribution in [1.82, 2.24) is 0 Å². The van der Waals surface area contributed by atoms with Crippen molar-refractivity contribution in [3.63, 3.8) is 0 Å². The first-order valence-corrected chi connectivity index (χ1v) is 8.77. The Hall–Kier alpha value is -0.0300. The molecule has 19 heavy (non-hydrogen) atoms. The van der Waals surface area contributed by atoms with Crippen LogP contribution < -0.4 is 4.74 Å². The number of alkyl halides is 1. The molecule has 5 heteroatoms. The van der Waals surface area contributed by atoms with Crippen LogP contribution in [0.4, 0.5) is 0 Å². The summed E-state index contributed by atoms with van der Waals surface area (Å²) in [6.45, 7) is 2.82. The third kappa shape index (κ3) is 3.97. The minimum atomic E-state index is -0.155. The summed E-state index contributed by atoms with van der Waals surface area (Å²) < 4.78 is 7.74. The number of hydrogen-bond donors (Lipinski definition) is 0. The van der Waals surface area contributed by atoms with Crippen LogP contribution in [0, 0.1) is 0 Å². The average Bonchev–Trinajstić information content (AvgIpc) is 2.76. The van der Waals surface area contributed by atoms with Crippen LogP contribution >= 0.6 is 54.8 Å². The van der Waals surface area contributed by atoms with Crippen LogP contribution in [0.15, 0.2) is 38.6 Å². The highest BCUT2D eigenvalue weighted by Gasteiger charge is 2.15. The molecule has 1 aromatic carbocycles. The zero-order valence-corrected chi connectivity index (χ0v) is 15.1. The fourth-order valence-electron chi connectivity index (χ4n) is 1.63. The zero-order valence-electron chi connectivity index (χ0n) is 10.3. The standard InChI is InChI=1S/C14H13Br2ClOS/c1-2-6-18-10-5-3-4-9(7-10)13(17)12-8-11(15)14(16)19-12/h3-5,7-8,13H,2,6H2,1H3. The van der Waals surface area contributed by atoms with Crippen molar-refractivity contribution in [2.75, 3.05) is 6.61 Å². The Morgan fingerprint density at radius 1 is 1.32 bits per heavy atom. The quantitative estimate of drug-likeness (QED) is 0.505. The molecular weight excluding hydrogens is 411 g/mol. The normalized spacial score (nSPS) is 12.4. The molecule has 2 rings (SSSR count). The van der Waals surface area contributed by atoms with E-state index in [1.807, 2.05) is 30.3 Å². The second kappa shape index (κ2) is 7.11. The molecule has 1 unspecified atom stereocenters. The first-order valence-electron chi connectivity index (χ1n) is 5.93. The lowest BCUT2D eigenvalue weighted by atomic mass is 10.1. The van der Waals surface area contributed by atoms with Crippen LogP contribution in [-0.2, 0) is 0 Å². The topological polar surface area (TPSA) is 9.23 Å².